The largest absolute Gasteiger partial charge is 0.492 e. The Morgan fingerprint density at radius 2 is 2.04 bits per heavy atom. The Labute approximate surface area is 166 Å². The number of nitrogens with zero attached hydrogens (tertiary/aromatic N) is 2. The SMILES string of the molecule is COc1c2c(c(NC(=O)c3ccc(Cl)nc3Cl)c3c1OCO3)CCN(C)C2. The van der Waals surface area contributed by atoms with E-state index in [0.717, 1.165) is 24.1 Å². The van der Waals surface area contributed by atoms with Crippen LogP contribution in [0.1, 0.15) is 21.5 Å². The highest BCUT2D eigenvalue weighted by Gasteiger charge is 2.33. The number of carbonyl (C=O) groups excluding carboxylic acids is 1. The maximum atomic E-state index is 12.8. The van der Waals surface area contributed by atoms with Crippen molar-refractivity contribution in [2.75, 3.05) is 32.8 Å². The summed E-state index contributed by atoms with van der Waals surface area (Å²) in [5.74, 6) is 1.23. The minimum Gasteiger partial charge on any atom is -0.492 e. The molecule has 4 rings (SSSR count). The summed E-state index contributed by atoms with van der Waals surface area (Å²) in [6.07, 6.45) is 0.737. The summed E-state index contributed by atoms with van der Waals surface area (Å²) in [7, 11) is 3.63. The number of amides is 1. The molecule has 0 saturated carbocycles. The number of halogens is 2. The molecule has 1 amide bonds. The van der Waals surface area contributed by atoms with Crippen LogP contribution >= 0.6 is 23.2 Å². The predicted octanol–water partition coefficient (Wildman–Crippen LogP) is 3.37. The van der Waals surface area contributed by atoms with Gasteiger partial charge in [-0.15, -0.1) is 0 Å². The molecular formula is C18H17Cl2N3O4. The molecule has 0 saturated heterocycles. The third-order valence-electron chi connectivity index (χ3n) is 4.66. The van der Waals surface area contributed by atoms with Gasteiger partial charge in [0.1, 0.15) is 10.3 Å². The van der Waals surface area contributed by atoms with Crippen LogP contribution in [-0.2, 0) is 13.0 Å². The van der Waals surface area contributed by atoms with Gasteiger partial charge in [0.25, 0.3) is 5.91 Å². The molecule has 3 heterocycles. The Morgan fingerprint density at radius 1 is 1.26 bits per heavy atom. The fourth-order valence-electron chi connectivity index (χ4n) is 3.40. The van der Waals surface area contributed by atoms with E-state index in [1.54, 1.807) is 7.11 Å². The van der Waals surface area contributed by atoms with Crippen molar-refractivity contribution in [1.29, 1.82) is 0 Å². The Balaban J connectivity index is 1.80. The van der Waals surface area contributed by atoms with Crippen molar-refractivity contribution in [3.8, 4) is 17.2 Å². The van der Waals surface area contributed by atoms with Gasteiger partial charge in [-0.25, -0.2) is 4.98 Å². The van der Waals surface area contributed by atoms with Crippen molar-refractivity contribution in [2.24, 2.45) is 0 Å². The van der Waals surface area contributed by atoms with Crippen LogP contribution in [0.25, 0.3) is 0 Å². The van der Waals surface area contributed by atoms with Gasteiger partial charge in [-0.3, -0.25) is 4.79 Å². The van der Waals surface area contributed by atoms with Crippen LogP contribution in [0, 0.1) is 0 Å². The van der Waals surface area contributed by atoms with Gasteiger partial charge in [-0.05, 0) is 31.2 Å². The fraction of sp³-hybridized carbons (Fsp3) is 0.333. The third kappa shape index (κ3) is 3.16. The number of pyridine rings is 1. The van der Waals surface area contributed by atoms with E-state index in [4.69, 9.17) is 37.4 Å². The van der Waals surface area contributed by atoms with Gasteiger partial charge in [0.05, 0.1) is 18.4 Å². The second kappa shape index (κ2) is 7.07. The first-order valence-electron chi connectivity index (χ1n) is 8.32. The molecule has 2 aliphatic heterocycles. The zero-order valence-corrected chi connectivity index (χ0v) is 16.3. The van der Waals surface area contributed by atoms with Crippen LogP contribution in [-0.4, -0.2) is 43.3 Å². The quantitative estimate of drug-likeness (QED) is 0.783. The lowest BCUT2D eigenvalue weighted by molar-refractivity contribution is 0.102. The van der Waals surface area contributed by atoms with Gasteiger partial charge >= 0.3 is 0 Å². The van der Waals surface area contributed by atoms with Crippen molar-refractivity contribution in [1.82, 2.24) is 9.88 Å². The number of aromatic nitrogens is 1. The molecule has 0 unspecified atom stereocenters. The third-order valence-corrected chi connectivity index (χ3v) is 5.16. The van der Waals surface area contributed by atoms with E-state index in [-0.39, 0.29) is 22.7 Å². The molecule has 2 aromatic rings. The maximum Gasteiger partial charge on any atom is 0.258 e. The maximum absolute atomic E-state index is 12.8. The minimum atomic E-state index is -0.395. The number of ether oxygens (including phenoxy) is 3. The summed E-state index contributed by atoms with van der Waals surface area (Å²) in [5.41, 5.74) is 2.76. The Bertz CT molecular complexity index is 936. The average Bonchev–Trinajstić information content (AvgIpc) is 3.10. The first-order valence-corrected chi connectivity index (χ1v) is 9.08. The zero-order chi connectivity index (χ0) is 19.1. The highest BCUT2D eigenvalue weighted by Crippen LogP contribution is 2.52. The Morgan fingerprint density at radius 3 is 2.78 bits per heavy atom. The van der Waals surface area contributed by atoms with E-state index in [1.807, 2.05) is 7.05 Å². The summed E-state index contributed by atoms with van der Waals surface area (Å²) in [6.45, 7) is 1.60. The molecule has 7 nitrogen and oxygen atoms in total. The van der Waals surface area contributed by atoms with Crippen LogP contribution in [0.2, 0.25) is 10.3 Å². The standard InChI is InChI=1S/C18H17Cl2N3O4/c1-23-6-5-9-11(7-23)14(25-2)16-15(26-8-27-16)13(9)22-18(24)10-3-4-12(19)21-17(10)20/h3-4H,5-8H2,1-2H3,(H,22,24). The number of likely N-dealkylation sites (N-methyl/N-ethyl adjacent to an activating group) is 1. The molecule has 0 bridgehead atoms. The number of anilines is 1. The van der Waals surface area contributed by atoms with Gasteiger partial charge in [0, 0.05) is 18.7 Å². The molecule has 0 spiro atoms. The number of hydrogen-bond acceptors (Lipinski definition) is 6. The van der Waals surface area contributed by atoms with Crippen molar-refractivity contribution in [3.63, 3.8) is 0 Å². The highest BCUT2D eigenvalue weighted by atomic mass is 35.5. The first-order chi connectivity index (χ1) is 13.0. The van der Waals surface area contributed by atoms with E-state index >= 15 is 0 Å². The normalized spacial score (nSPS) is 15.4. The first kappa shape index (κ1) is 18.2. The predicted molar refractivity (Wildman–Crippen MR) is 101 cm³/mol. The molecule has 2 aliphatic rings. The highest BCUT2D eigenvalue weighted by molar-refractivity contribution is 6.35. The lowest BCUT2D eigenvalue weighted by atomic mass is 9.95. The lowest BCUT2D eigenvalue weighted by Crippen LogP contribution is -2.28. The molecule has 0 radical (unpaired) electrons. The van der Waals surface area contributed by atoms with E-state index in [9.17, 15) is 4.79 Å². The fourth-order valence-corrected chi connectivity index (χ4v) is 3.83. The summed E-state index contributed by atoms with van der Waals surface area (Å²) >= 11 is 11.9. The van der Waals surface area contributed by atoms with E-state index in [1.165, 1.54) is 12.1 Å². The monoisotopic (exact) mass is 409 g/mol. The topological polar surface area (TPSA) is 72.9 Å². The zero-order valence-electron chi connectivity index (χ0n) is 14.8. The minimum absolute atomic E-state index is 0.0379. The molecule has 9 heteroatoms. The molecule has 27 heavy (non-hydrogen) atoms. The van der Waals surface area contributed by atoms with Crippen molar-refractivity contribution in [2.45, 2.75) is 13.0 Å². The van der Waals surface area contributed by atoms with Crippen molar-refractivity contribution < 1.29 is 19.0 Å². The summed E-state index contributed by atoms with van der Waals surface area (Å²) in [5, 5.41) is 3.19. The number of nitrogens with one attached hydrogen (secondary N) is 1. The van der Waals surface area contributed by atoms with Gasteiger partial charge in [-0.2, -0.15) is 0 Å². The molecular weight excluding hydrogens is 393 g/mol. The van der Waals surface area contributed by atoms with Crippen molar-refractivity contribution >= 4 is 34.8 Å². The Hall–Kier alpha value is -2.22. The Kier molecular flexibility index (Phi) is 4.75. The number of benzene rings is 1. The molecule has 1 N–H and O–H groups in total. The molecule has 0 fully saturated rings. The molecule has 1 aromatic heterocycles. The van der Waals surface area contributed by atoms with E-state index < -0.39 is 5.91 Å². The van der Waals surface area contributed by atoms with Crippen LogP contribution in [0.3, 0.4) is 0 Å². The average molecular weight is 410 g/mol. The number of rotatable bonds is 3. The van der Waals surface area contributed by atoms with Crippen LogP contribution in [0.4, 0.5) is 5.69 Å². The van der Waals surface area contributed by atoms with Crippen LogP contribution in [0.15, 0.2) is 12.1 Å². The molecule has 0 atom stereocenters. The van der Waals surface area contributed by atoms with Gasteiger partial charge < -0.3 is 24.4 Å². The lowest BCUT2D eigenvalue weighted by Gasteiger charge is -2.29. The smallest absolute Gasteiger partial charge is 0.258 e. The molecule has 0 aliphatic carbocycles. The molecule has 1 aromatic carbocycles. The summed E-state index contributed by atoms with van der Waals surface area (Å²) < 4.78 is 16.9. The number of carbonyl (C=O) groups is 1. The van der Waals surface area contributed by atoms with Gasteiger partial charge in [-0.1, -0.05) is 23.2 Å². The van der Waals surface area contributed by atoms with E-state index in [0.29, 0.717) is 29.5 Å². The van der Waals surface area contributed by atoms with E-state index in [2.05, 4.69) is 15.2 Å². The second-order valence-electron chi connectivity index (χ2n) is 6.34. The van der Waals surface area contributed by atoms with Gasteiger partial charge in [0.2, 0.25) is 12.5 Å². The molecule has 142 valence electrons. The van der Waals surface area contributed by atoms with Crippen LogP contribution < -0.4 is 19.5 Å². The van der Waals surface area contributed by atoms with Crippen molar-refractivity contribution in [3.05, 3.63) is 39.1 Å². The summed E-state index contributed by atoms with van der Waals surface area (Å²) in [6, 6.07) is 3.05. The number of hydrogen-bond donors (Lipinski definition) is 1. The van der Waals surface area contributed by atoms with Crippen LogP contribution in [0.5, 0.6) is 17.2 Å². The number of fused-ring (bicyclic) bond motifs is 2. The second-order valence-corrected chi connectivity index (χ2v) is 7.09. The van der Waals surface area contributed by atoms with Gasteiger partial charge in [0.15, 0.2) is 11.5 Å². The number of methoxy groups -OCH3 is 1. The summed E-state index contributed by atoms with van der Waals surface area (Å²) in [4.78, 5) is 18.9.